The van der Waals surface area contributed by atoms with Gasteiger partial charge in [0.05, 0.1) is 28.1 Å². The van der Waals surface area contributed by atoms with Gasteiger partial charge in [-0.3, -0.25) is 4.98 Å². The summed E-state index contributed by atoms with van der Waals surface area (Å²) in [5.41, 5.74) is 5.80. The van der Waals surface area contributed by atoms with Gasteiger partial charge in [-0.1, -0.05) is 24.3 Å². The molecule has 174 valence electrons. The maximum atomic E-state index is 15.0. The highest BCUT2D eigenvalue weighted by molar-refractivity contribution is 5.96. The molecule has 2 aromatic heterocycles. The normalized spacial score (nSPS) is 11.1. The minimum absolute atomic E-state index is 0.111. The van der Waals surface area contributed by atoms with Crippen LogP contribution in [0.5, 0.6) is 0 Å². The van der Waals surface area contributed by atoms with Gasteiger partial charge in [-0.05, 0) is 67.8 Å². The number of aryl methyl sites for hydroxylation is 3. The first-order valence-electron chi connectivity index (χ1n) is 11.0. The summed E-state index contributed by atoms with van der Waals surface area (Å²) in [5.74, 6) is -1.04. The lowest BCUT2D eigenvalue weighted by molar-refractivity contribution is 0.0698. The molecule has 2 N–H and O–H groups in total. The molecule has 0 aliphatic carbocycles. The van der Waals surface area contributed by atoms with Gasteiger partial charge in [0.25, 0.3) is 0 Å². The highest BCUT2D eigenvalue weighted by atomic mass is 19.1. The molecule has 7 nitrogen and oxygen atoms in total. The first-order chi connectivity index (χ1) is 16.8. The summed E-state index contributed by atoms with van der Waals surface area (Å²) in [4.78, 5) is 20.3. The van der Waals surface area contributed by atoms with E-state index in [1.54, 1.807) is 28.9 Å². The number of benzene rings is 3. The molecule has 35 heavy (non-hydrogen) atoms. The van der Waals surface area contributed by atoms with Crippen LogP contribution in [0.1, 0.15) is 27.2 Å². The van der Waals surface area contributed by atoms with Gasteiger partial charge in [0.1, 0.15) is 11.3 Å². The van der Waals surface area contributed by atoms with Crippen molar-refractivity contribution >= 4 is 28.5 Å². The third-order valence-electron chi connectivity index (χ3n) is 5.88. The number of carbonyl (C=O) groups is 1. The van der Waals surface area contributed by atoms with E-state index in [1.807, 2.05) is 39.0 Å². The molecule has 0 saturated heterocycles. The second-order valence-corrected chi connectivity index (χ2v) is 8.37. The predicted octanol–water partition coefficient (Wildman–Crippen LogP) is 5.99. The van der Waals surface area contributed by atoms with Crippen LogP contribution in [0.2, 0.25) is 0 Å². The number of carboxylic acids is 1. The second-order valence-electron chi connectivity index (χ2n) is 8.37. The van der Waals surface area contributed by atoms with E-state index in [-0.39, 0.29) is 11.1 Å². The number of para-hydroxylation sites is 1. The molecular weight excluding hydrogens is 445 g/mol. The van der Waals surface area contributed by atoms with Crippen LogP contribution in [0, 0.1) is 26.6 Å². The number of halogens is 1. The van der Waals surface area contributed by atoms with Crippen molar-refractivity contribution in [1.82, 2.24) is 19.7 Å². The molecule has 0 radical (unpaired) electrons. The Labute approximate surface area is 200 Å². The first-order valence-corrected chi connectivity index (χ1v) is 11.0. The average molecular weight is 468 g/mol. The van der Waals surface area contributed by atoms with Gasteiger partial charge in [-0.25, -0.2) is 18.9 Å². The first kappa shape index (κ1) is 22.2. The number of anilines is 2. The molecule has 0 aliphatic rings. The lowest BCUT2D eigenvalue weighted by Gasteiger charge is -2.16. The van der Waals surface area contributed by atoms with Gasteiger partial charge in [-0.2, -0.15) is 5.10 Å². The smallest absolute Gasteiger partial charge is 0.337 e. The van der Waals surface area contributed by atoms with Gasteiger partial charge in [0.15, 0.2) is 5.82 Å². The number of aromatic carboxylic acids is 1. The Bertz CT molecular complexity index is 1610. The fourth-order valence-corrected chi connectivity index (χ4v) is 4.19. The third kappa shape index (κ3) is 3.99. The highest BCUT2D eigenvalue weighted by Gasteiger charge is 2.22. The number of fused-ring (bicyclic) bond motifs is 1. The van der Waals surface area contributed by atoms with E-state index in [4.69, 9.17) is 5.10 Å². The molecule has 3 aromatic carbocycles. The Morgan fingerprint density at radius 3 is 2.57 bits per heavy atom. The molecule has 0 spiro atoms. The number of nitrogens with one attached hydrogen (secondary N) is 1. The minimum atomic E-state index is -1.06. The van der Waals surface area contributed by atoms with Crippen molar-refractivity contribution in [3.8, 4) is 16.8 Å². The van der Waals surface area contributed by atoms with Crippen LogP contribution in [0.3, 0.4) is 0 Å². The zero-order chi connectivity index (χ0) is 24.7. The van der Waals surface area contributed by atoms with Crippen molar-refractivity contribution in [2.45, 2.75) is 20.8 Å². The van der Waals surface area contributed by atoms with Gasteiger partial charge in [-0.15, -0.1) is 0 Å². The maximum Gasteiger partial charge on any atom is 0.337 e. The predicted molar refractivity (Wildman–Crippen MR) is 133 cm³/mol. The van der Waals surface area contributed by atoms with E-state index in [2.05, 4.69) is 15.3 Å². The molecule has 8 heteroatoms. The molecular formula is C27H22FN5O2. The van der Waals surface area contributed by atoms with Crippen molar-refractivity contribution in [3.05, 3.63) is 95.2 Å². The summed E-state index contributed by atoms with van der Waals surface area (Å²) in [6.45, 7) is 5.81. The Balaban J connectivity index is 1.79. The van der Waals surface area contributed by atoms with Gasteiger partial charge < -0.3 is 10.4 Å². The second kappa shape index (κ2) is 8.64. The molecule has 0 bridgehead atoms. The monoisotopic (exact) mass is 467 g/mol. The lowest BCUT2D eigenvalue weighted by Crippen LogP contribution is -2.08. The van der Waals surface area contributed by atoms with Gasteiger partial charge >= 0.3 is 5.97 Å². The summed E-state index contributed by atoms with van der Waals surface area (Å²) in [6, 6.07) is 15.8. The van der Waals surface area contributed by atoms with Gasteiger partial charge in [0.2, 0.25) is 0 Å². The topological polar surface area (TPSA) is 92.9 Å². The van der Waals surface area contributed by atoms with E-state index >= 15 is 4.39 Å². The SMILES string of the molecule is Cc1ccc(C)c(-n2nc(C)c(-c3cc(F)c4nccnc4c3)c2Nc2ccccc2C(=O)O)c1. The highest BCUT2D eigenvalue weighted by Crippen LogP contribution is 2.38. The van der Waals surface area contributed by atoms with Crippen molar-refractivity contribution < 1.29 is 14.3 Å². The van der Waals surface area contributed by atoms with Crippen molar-refractivity contribution in [2.24, 2.45) is 0 Å². The molecule has 0 unspecified atom stereocenters. The fraction of sp³-hybridized carbons (Fsp3) is 0.111. The average Bonchev–Trinajstić information content (AvgIpc) is 3.16. The van der Waals surface area contributed by atoms with Crippen LogP contribution in [0.15, 0.2) is 67.0 Å². The number of hydrogen-bond donors (Lipinski definition) is 2. The van der Waals surface area contributed by atoms with E-state index in [9.17, 15) is 9.90 Å². The third-order valence-corrected chi connectivity index (χ3v) is 5.88. The number of nitrogens with zero attached hydrogens (tertiary/aromatic N) is 4. The van der Waals surface area contributed by atoms with E-state index in [1.165, 1.54) is 24.5 Å². The molecule has 5 aromatic rings. The van der Waals surface area contributed by atoms with Crippen LogP contribution < -0.4 is 5.32 Å². The zero-order valence-electron chi connectivity index (χ0n) is 19.4. The number of hydrogen-bond acceptors (Lipinski definition) is 5. The van der Waals surface area contributed by atoms with Crippen LogP contribution in [0.25, 0.3) is 27.8 Å². The summed E-state index contributed by atoms with van der Waals surface area (Å²) in [7, 11) is 0. The summed E-state index contributed by atoms with van der Waals surface area (Å²) in [5, 5.41) is 17.8. The summed E-state index contributed by atoms with van der Waals surface area (Å²) < 4.78 is 16.8. The number of rotatable bonds is 5. The molecule has 2 heterocycles. The molecule has 5 rings (SSSR count). The Kier molecular flexibility index (Phi) is 5.49. The standard InChI is InChI=1S/C27H22FN5O2/c1-15-8-9-16(2)23(12-15)33-26(31-21-7-5-4-6-19(21)27(34)35)24(17(3)32-33)18-13-20(28)25-22(14-18)29-10-11-30-25/h4-14,31H,1-3H3,(H,34,35). The largest absolute Gasteiger partial charge is 0.478 e. The van der Waals surface area contributed by atoms with E-state index in [0.29, 0.717) is 33.8 Å². The Morgan fingerprint density at radius 1 is 1.00 bits per heavy atom. The summed E-state index contributed by atoms with van der Waals surface area (Å²) in [6.07, 6.45) is 2.96. The molecule has 0 fully saturated rings. The van der Waals surface area contributed by atoms with Crippen LogP contribution in [-0.2, 0) is 0 Å². The lowest BCUT2D eigenvalue weighted by atomic mass is 10.0. The molecule has 0 saturated carbocycles. The maximum absolute atomic E-state index is 15.0. The van der Waals surface area contributed by atoms with E-state index in [0.717, 1.165) is 16.8 Å². The van der Waals surface area contributed by atoms with Crippen molar-refractivity contribution in [3.63, 3.8) is 0 Å². The van der Waals surface area contributed by atoms with Crippen molar-refractivity contribution in [2.75, 3.05) is 5.32 Å². The molecule has 0 amide bonds. The number of carboxylic acid groups (broad SMARTS) is 1. The van der Waals surface area contributed by atoms with E-state index < -0.39 is 11.8 Å². The van der Waals surface area contributed by atoms with Crippen molar-refractivity contribution in [1.29, 1.82) is 0 Å². The minimum Gasteiger partial charge on any atom is -0.478 e. The molecule has 0 aliphatic heterocycles. The van der Waals surface area contributed by atoms with Gasteiger partial charge in [0, 0.05) is 18.0 Å². The number of aromatic nitrogens is 4. The Hall–Kier alpha value is -4.59. The van der Waals surface area contributed by atoms with Crippen LogP contribution >= 0.6 is 0 Å². The zero-order valence-corrected chi connectivity index (χ0v) is 19.4. The van der Waals surface area contributed by atoms with Crippen LogP contribution in [-0.4, -0.2) is 30.8 Å². The molecule has 0 atom stereocenters. The Morgan fingerprint density at radius 2 is 1.77 bits per heavy atom. The summed E-state index contributed by atoms with van der Waals surface area (Å²) >= 11 is 0. The van der Waals surface area contributed by atoms with Crippen LogP contribution in [0.4, 0.5) is 15.9 Å². The fourth-order valence-electron chi connectivity index (χ4n) is 4.19. The quantitative estimate of drug-likeness (QED) is 0.330.